The molecule has 1 saturated heterocycles. The Balaban J connectivity index is 2.59. The first-order valence-electron chi connectivity index (χ1n) is 4.49. The van der Waals surface area contributed by atoms with E-state index in [9.17, 15) is 10.2 Å². The summed E-state index contributed by atoms with van der Waals surface area (Å²) in [4.78, 5) is 0. The van der Waals surface area contributed by atoms with Gasteiger partial charge in [-0.2, -0.15) is 0 Å². The van der Waals surface area contributed by atoms with Crippen LogP contribution in [0.3, 0.4) is 0 Å². The number of rotatable bonds is 2. The van der Waals surface area contributed by atoms with E-state index in [1.807, 2.05) is 0 Å². The predicted octanol–water partition coefficient (Wildman–Crippen LogP) is -1.96. The quantitative estimate of drug-likeness (QED) is 0.406. The second kappa shape index (κ2) is 4.34. The lowest BCUT2D eigenvalue weighted by Gasteiger charge is -2.40. The molecule has 0 saturated carbocycles. The molecule has 5 heteroatoms. The maximum absolute atomic E-state index is 9.53. The van der Waals surface area contributed by atoms with Crippen molar-refractivity contribution >= 4 is 0 Å². The molecule has 0 aromatic carbocycles. The summed E-state index contributed by atoms with van der Waals surface area (Å²) in [5.74, 6) is 0. The Labute approximate surface area is 77.9 Å². The second-order valence-electron chi connectivity index (χ2n) is 3.50. The molecule has 1 fully saturated rings. The first-order valence-corrected chi connectivity index (χ1v) is 4.49. The third-order valence-electron chi connectivity index (χ3n) is 2.45. The first-order chi connectivity index (χ1) is 6.07. The zero-order chi connectivity index (χ0) is 10.0. The van der Waals surface area contributed by atoms with Crippen LogP contribution in [0.5, 0.6) is 0 Å². The number of nitrogens with one attached hydrogen (secondary N) is 1. The van der Waals surface area contributed by atoms with Crippen molar-refractivity contribution in [2.24, 2.45) is 5.73 Å². The van der Waals surface area contributed by atoms with E-state index in [2.05, 4.69) is 5.32 Å². The second-order valence-corrected chi connectivity index (χ2v) is 3.50. The van der Waals surface area contributed by atoms with Crippen molar-refractivity contribution in [3.63, 3.8) is 0 Å². The third-order valence-corrected chi connectivity index (χ3v) is 2.45. The molecule has 5 nitrogen and oxygen atoms in total. The molecule has 1 aliphatic heterocycles. The summed E-state index contributed by atoms with van der Waals surface area (Å²) >= 11 is 0. The van der Waals surface area contributed by atoms with E-state index in [0.29, 0.717) is 6.54 Å². The average Bonchev–Trinajstić information content (AvgIpc) is 2.11. The zero-order valence-corrected chi connectivity index (χ0v) is 7.97. The van der Waals surface area contributed by atoms with Gasteiger partial charge in [0, 0.05) is 6.54 Å². The fourth-order valence-corrected chi connectivity index (χ4v) is 1.56. The fourth-order valence-electron chi connectivity index (χ4n) is 1.56. The molecule has 0 aliphatic carbocycles. The van der Waals surface area contributed by atoms with Gasteiger partial charge < -0.3 is 26.0 Å². The van der Waals surface area contributed by atoms with Gasteiger partial charge in [-0.05, 0) is 14.0 Å². The van der Waals surface area contributed by atoms with Crippen LogP contribution in [0.1, 0.15) is 6.92 Å². The minimum Gasteiger partial charge on any atom is -0.389 e. The minimum absolute atomic E-state index is 0.238. The van der Waals surface area contributed by atoms with E-state index in [4.69, 9.17) is 10.5 Å². The topological polar surface area (TPSA) is 87.7 Å². The number of hydrogen-bond acceptors (Lipinski definition) is 5. The van der Waals surface area contributed by atoms with Crippen LogP contribution in [-0.4, -0.2) is 54.3 Å². The molecular formula is C8H18N2O3. The highest BCUT2D eigenvalue weighted by Gasteiger charge is 2.39. The fraction of sp³-hybridized carbons (Fsp3) is 1.00. The average molecular weight is 190 g/mol. The van der Waals surface area contributed by atoms with Crippen LogP contribution in [0.25, 0.3) is 0 Å². The largest absolute Gasteiger partial charge is 0.389 e. The van der Waals surface area contributed by atoms with Gasteiger partial charge in [-0.1, -0.05) is 0 Å². The number of hydrogen-bond donors (Lipinski definition) is 4. The van der Waals surface area contributed by atoms with E-state index in [1.165, 1.54) is 0 Å². The Morgan fingerprint density at radius 2 is 2.00 bits per heavy atom. The van der Waals surface area contributed by atoms with Gasteiger partial charge in [0.25, 0.3) is 0 Å². The molecule has 0 spiro atoms. The Hall–Kier alpha value is -0.200. The molecule has 0 aromatic heterocycles. The predicted molar refractivity (Wildman–Crippen MR) is 48.3 cm³/mol. The summed E-state index contributed by atoms with van der Waals surface area (Å²) in [6, 6.07) is -0.529. The molecule has 0 unspecified atom stereocenters. The number of likely N-dealkylation sites (N-methyl/N-ethyl adjacent to an activating group) is 1. The summed E-state index contributed by atoms with van der Waals surface area (Å²) in [6.45, 7) is 2.30. The summed E-state index contributed by atoms with van der Waals surface area (Å²) < 4.78 is 5.42. The van der Waals surface area contributed by atoms with Gasteiger partial charge in [-0.3, -0.25) is 0 Å². The van der Waals surface area contributed by atoms with Crippen molar-refractivity contribution < 1.29 is 14.9 Å². The molecule has 78 valence electrons. The SMILES string of the molecule is CNC[C@H]1O[C@H](C)[C@H](O)[C@@H](O)[C@@H]1N. The van der Waals surface area contributed by atoms with E-state index in [1.54, 1.807) is 14.0 Å². The third kappa shape index (κ3) is 2.18. The number of aliphatic hydroxyl groups is 2. The Morgan fingerprint density at radius 3 is 2.54 bits per heavy atom. The molecule has 0 amide bonds. The van der Waals surface area contributed by atoms with Crippen LogP contribution in [0, 0.1) is 0 Å². The van der Waals surface area contributed by atoms with Crippen LogP contribution in [-0.2, 0) is 4.74 Å². The van der Waals surface area contributed by atoms with E-state index in [0.717, 1.165) is 0 Å². The minimum atomic E-state index is -0.901. The Bertz CT molecular complexity index is 167. The van der Waals surface area contributed by atoms with Gasteiger partial charge >= 0.3 is 0 Å². The molecule has 1 rings (SSSR count). The number of ether oxygens (including phenoxy) is 1. The molecule has 5 N–H and O–H groups in total. The highest BCUT2D eigenvalue weighted by atomic mass is 16.5. The van der Waals surface area contributed by atoms with E-state index < -0.39 is 18.2 Å². The van der Waals surface area contributed by atoms with Gasteiger partial charge in [0.2, 0.25) is 0 Å². The molecule has 0 radical (unpaired) electrons. The van der Waals surface area contributed by atoms with Crippen LogP contribution in [0.15, 0.2) is 0 Å². The van der Waals surface area contributed by atoms with Crippen LogP contribution >= 0.6 is 0 Å². The van der Waals surface area contributed by atoms with Crippen molar-refractivity contribution in [1.82, 2.24) is 5.32 Å². The summed E-state index contributed by atoms with van der Waals surface area (Å²) in [6.07, 6.45) is -2.39. The van der Waals surface area contributed by atoms with Crippen molar-refractivity contribution in [2.45, 2.75) is 37.4 Å². The zero-order valence-electron chi connectivity index (χ0n) is 7.97. The van der Waals surface area contributed by atoms with Crippen molar-refractivity contribution in [1.29, 1.82) is 0 Å². The number of nitrogens with two attached hydrogens (primary N) is 1. The highest BCUT2D eigenvalue weighted by molar-refractivity contribution is 4.93. The maximum atomic E-state index is 9.53. The van der Waals surface area contributed by atoms with Crippen molar-refractivity contribution in [3.05, 3.63) is 0 Å². The smallest absolute Gasteiger partial charge is 0.107 e. The maximum Gasteiger partial charge on any atom is 0.107 e. The lowest BCUT2D eigenvalue weighted by Crippen LogP contribution is -2.62. The van der Waals surface area contributed by atoms with Crippen LogP contribution < -0.4 is 11.1 Å². The normalized spacial score (nSPS) is 46.4. The standard InChI is InChI=1S/C8H18N2O3/c1-4-7(11)8(12)6(9)5(13-4)3-10-2/h4-8,10-12H,3,9H2,1-2H3/t4-,5-,6-,7+,8+/m1/s1. The molecule has 13 heavy (non-hydrogen) atoms. The lowest BCUT2D eigenvalue weighted by molar-refractivity contribution is -0.170. The summed E-state index contributed by atoms with van der Waals surface area (Å²) in [5, 5.41) is 21.9. The van der Waals surface area contributed by atoms with Gasteiger partial charge in [0.1, 0.15) is 12.2 Å². The lowest BCUT2D eigenvalue weighted by atomic mass is 9.94. The summed E-state index contributed by atoms with van der Waals surface area (Å²) in [5.41, 5.74) is 5.69. The molecule has 1 heterocycles. The van der Waals surface area contributed by atoms with E-state index >= 15 is 0 Å². The molecule has 0 bridgehead atoms. The highest BCUT2D eigenvalue weighted by Crippen LogP contribution is 2.18. The van der Waals surface area contributed by atoms with Gasteiger partial charge in [0.15, 0.2) is 0 Å². The Morgan fingerprint density at radius 1 is 1.38 bits per heavy atom. The first kappa shape index (κ1) is 10.9. The van der Waals surface area contributed by atoms with Gasteiger partial charge in [-0.25, -0.2) is 0 Å². The van der Waals surface area contributed by atoms with Crippen LogP contribution in [0.4, 0.5) is 0 Å². The van der Waals surface area contributed by atoms with E-state index in [-0.39, 0.29) is 12.2 Å². The molecular weight excluding hydrogens is 172 g/mol. The van der Waals surface area contributed by atoms with Crippen molar-refractivity contribution in [2.75, 3.05) is 13.6 Å². The van der Waals surface area contributed by atoms with Gasteiger partial charge in [-0.15, -0.1) is 0 Å². The van der Waals surface area contributed by atoms with Crippen molar-refractivity contribution in [3.8, 4) is 0 Å². The molecule has 0 aromatic rings. The number of aliphatic hydroxyl groups excluding tert-OH is 2. The van der Waals surface area contributed by atoms with Crippen LogP contribution in [0.2, 0.25) is 0 Å². The summed E-state index contributed by atoms with van der Waals surface area (Å²) in [7, 11) is 1.79. The Kier molecular flexibility index (Phi) is 3.63. The molecule has 5 atom stereocenters. The van der Waals surface area contributed by atoms with Gasteiger partial charge in [0.05, 0.1) is 18.2 Å². The monoisotopic (exact) mass is 190 g/mol. The molecule has 1 aliphatic rings.